The number of carbonyl (C=O) groups excluding carboxylic acids is 4. The second-order valence-corrected chi connectivity index (χ2v) is 12.3. The lowest BCUT2D eigenvalue weighted by Crippen LogP contribution is -2.60. The van der Waals surface area contributed by atoms with E-state index in [1.165, 1.54) is 36.4 Å². The number of amides is 4. The maximum atomic E-state index is 14.6. The molecule has 212 valence electrons. The molecule has 0 radical (unpaired) electrons. The normalized spacial score (nSPS) is 32.5. The maximum Gasteiger partial charge on any atom is 0.335 e. The standard InChI is InChI=1S/C28H20BrCl2FN2O7/c29-11-33-25(40)27(30)10-17-14(20(28(27,31)26(33)41)16-5-2-6-18(32)21(16)35)7-8-15-19(17)23(37)34(22(15)36)13-4-1-3-12(9-13)24(38)39/h1-7,9,15,17,19-20,35H,8,10-11H2,(H,38,39)/t15-,17+,19-,20+,27+,28-/m0/s1. The van der Waals surface area contributed by atoms with Crippen LogP contribution in [0, 0.1) is 23.6 Å². The van der Waals surface area contributed by atoms with Gasteiger partial charge in [0.1, 0.15) is 0 Å². The zero-order valence-corrected chi connectivity index (χ0v) is 24.0. The summed E-state index contributed by atoms with van der Waals surface area (Å²) >= 11 is 17.3. The topological polar surface area (TPSA) is 132 Å². The number of aromatic carboxylic acids is 1. The molecule has 0 bridgehead atoms. The highest BCUT2D eigenvalue weighted by Crippen LogP contribution is 2.66. The van der Waals surface area contributed by atoms with Gasteiger partial charge in [-0.2, -0.15) is 0 Å². The fourth-order valence-corrected chi connectivity index (χ4v) is 8.31. The number of hydrogen-bond donors (Lipinski definition) is 2. The Morgan fingerprint density at radius 3 is 2.44 bits per heavy atom. The molecule has 1 saturated carbocycles. The number of carboxylic acid groups (broad SMARTS) is 1. The van der Waals surface area contributed by atoms with Crippen LogP contribution in [-0.2, 0) is 19.2 Å². The lowest BCUT2D eigenvalue weighted by Gasteiger charge is -2.50. The number of nitrogens with zero attached hydrogens (tertiary/aromatic N) is 2. The summed E-state index contributed by atoms with van der Waals surface area (Å²) in [6.45, 7) is 0. The Hall–Kier alpha value is -3.28. The monoisotopic (exact) mass is 664 g/mol. The van der Waals surface area contributed by atoms with Crippen LogP contribution in [0.1, 0.15) is 34.7 Å². The van der Waals surface area contributed by atoms with E-state index in [1.807, 2.05) is 0 Å². The molecule has 2 aliphatic heterocycles. The molecule has 4 aliphatic rings. The van der Waals surface area contributed by atoms with Crippen molar-refractivity contribution in [1.82, 2.24) is 4.90 Å². The smallest absolute Gasteiger partial charge is 0.335 e. The minimum atomic E-state index is -2.18. The molecule has 2 aromatic carbocycles. The Morgan fingerprint density at radius 2 is 1.76 bits per heavy atom. The van der Waals surface area contributed by atoms with Crippen LogP contribution in [0.25, 0.3) is 0 Å². The highest BCUT2D eigenvalue weighted by Gasteiger charge is 2.76. The number of fused-ring (bicyclic) bond motifs is 4. The van der Waals surface area contributed by atoms with Crippen LogP contribution < -0.4 is 4.90 Å². The van der Waals surface area contributed by atoms with E-state index in [2.05, 4.69) is 15.9 Å². The SMILES string of the molecule is O=C(O)c1cccc(N2C(=O)[C@H]3[C@H](CC=C4[C@H]3C[C@@]3(Cl)C(=O)N(CBr)C(=O)[C@@]3(Cl)[C@H]4c3cccc(F)c3O)C2=O)c1. The van der Waals surface area contributed by atoms with Crippen LogP contribution >= 0.6 is 39.1 Å². The Balaban J connectivity index is 1.52. The van der Waals surface area contributed by atoms with Crippen LogP contribution in [0.15, 0.2) is 54.1 Å². The first-order valence-electron chi connectivity index (χ1n) is 12.6. The van der Waals surface area contributed by atoms with Gasteiger partial charge in [-0.15, -0.1) is 23.2 Å². The van der Waals surface area contributed by atoms with Crippen LogP contribution in [0.4, 0.5) is 10.1 Å². The predicted molar refractivity (Wildman–Crippen MR) is 147 cm³/mol. The van der Waals surface area contributed by atoms with Crippen molar-refractivity contribution in [3.8, 4) is 5.75 Å². The fraction of sp³-hybridized carbons (Fsp3) is 0.321. The van der Waals surface area contributed by atoms with Crippen molar-refractivity contribution in [2.45, 2.75) is 28.5 Å². The van der Waals surface area contributed by atoms with E-state index in [1.54, 1.807) is 6.08 Å². The number of imide groups is 2. The molecule has 41 heavy (non-hydrogen) atoms. The van der Waals surface area contributed by atoms with Gasteiger partial charge in [-0.25, -0.2) is 9.18 Å². The van der Waals surface area contributed by atoms with Crippen molar-refractivity contribution >= 4 is 74.4 Å². The third-order valence-electron chi connectivity index (χ3n) is 8.70. The summed E-state index contributed by atoms with van der Waals surface area (Å²) in [6.07, 6.45) is 1.42. The summed E-state index contributed by atoms with van der Waals surface area (Å²) < 4.78 is 14.6. The Morgan fingerprint density at radius 1 is 1.05 bits per heavy atom. The zero-order valence-electron chi connectivity index (χ0n) is 20.9. The van der Waals surface area contributed by atoms with E-state index in [4.69, 9.17) is 23.2 Å². The van der Waals surface area contributed by atoms with Crippen molar-refractivity contribution < 1.29 is 38.6 Å². The van der Waals surface area contributed by atoms with Gasteiger partial charge < -0.3 is 10.2 Å². The van der Waals surface area contributed by atoms with Crippen LogP contribution in [0.3, 0.4) is 0 Å². The summed E-state index contributed by atoms with van der Waals surface area (Å²) in [4.78, 5) is 63.9. The molecule has 2 aromatic rings. The van der Waals surface area contributed by atoms with Crippen LogP contribution in [0.5, 0.6) is 5.75 Å². The average molecular weight is 666 g/mol. The molecule has 0 aromatic heterocycles. The third-order valence-corrected chi connectivity index (χ3v) is 10.6. The number of carboxylic acids is 1. The highest BCUT2D eigenvalue weighted by atomic mass is 79.9. The van der Waals surface area contributed by atoms with Gasteiger partial charge in [0, 0.05) is 11.5 Å². The van der Waals surface area contributed by atoms with Gasteiger partial charge in [0.25, 0.3) is 11.8 Å². The summed E-state index contributed by atoms with van der Waals surface area (Å²) in [5.41, 5.74) is 0.0395. The van der Waals surface area contributed by atoms with E-state index in [9.17, 15) is 38.6 Å². The van der Waals surface area contributed by atoms with E-state index in [0.717, 1.165) is 15.9 Å². The van der Waals surface area contributed by atoms with Gasteiger partial charge >= 0.3 is 5.97 Å². The van der Waals surface area contributed by atoms with E-state index in [0.29, 0.717) is 5.57 Å². The van der Waals surface area contributed by atoms with Crippen molar-refractivity contribution in [2.75, 3.05) is 10.4 Å². The molecule has 13 heteroatoms. The van der Waals surface area contributed by atoms with Crippen LogP contribution in [0.2, 0.25) is 0 Å². The predicted octanol–water partition coefficient (Wildman–Crippen LogP) is 4.15. The van der Waals surface area contributed by atoms with Gasteiger partial charge in [-0.3, -0.25) is 29.0 Å². The molecule has 2 heterocycles. The van der Waals surface area contributed by atoms with Crippen molar-refractivity contribution in [3.05, 3.63) is 71.1 Å². The quantitative estimate of drug-likeness (QED) is 0.217. The molecule has 2 saturated heterocycles. The Labute approximate surface area is 250 Å². The number of carbonyl (C=O) groups is 5. The minimum absolute atomic E-state index is 0.0509. The number of benzene rings is 2. The Kier molecular flexibility index (Phi) is 6.37. The molecule has 0 unspecified atom stereocenters. The fourth-order valence-electron chi connectivity index (χ4n) is 6.90. The molecule has 6 rings (SSSR count). The van der Waals surface area contributed by atoms with Gasteiger partial charge in [-0.05, 0) is 43.0 Å². The summed E-state index contributed by atoms with van der Waals surface area (Å²) in [5, 5.41) is 20.2. The van der Waals surface area contributed by atoms with E-state index in [-0.39, 0.29) is 35.1 Å². The number of hydrogen-bond acceptors (Lipinski definition) is 6. The number of likely N-dealkylation sites (tertiary alicyclic amines) is 1. The number of aromatic hydroxyl groups is 1. The molecule has 3 fully saturated rings. The molecule has 6 atom stereocenters. The van der Waals surface area contributed by atoms with Gasteiger partial charge in [0.15, 0.2) is 21.3 Å². The van der Waals surface area contributed by atoms with Gasteiger partial charge in [0.2, 0.25) is 11.8 Å². The first kappa shape index (κ1) is 27.9. The third kappa shape index (κ3) is 3.55. The Bertz CT molecular complexity index is 1620. The number of rotatable bonds is 4. The van der Waals surface area contributed by atoms with Crippen molar-refractivity contribution in [3.63, 3.8) is 0 Å². The number of para-hydroxylation sites is 1. The molecule has 2 aliphatic carbocycles. The summed E-state index contributed by atoms with van der Waals surface area (Å²) in [6, 6.07) is 9.13. The second-order valence-electron chi connectivity index (χ2n) is 10.5. The molecule has 9 nitrogen and oxygen atoms in total. The van der Waals surface area contributed by atoms with E-state index < -0.39 is 74.6 Å². The molecule has 4 amide bonds. The van der Waals surface area contributed by atoms with E-state index >= 15 is 0 Å². The van der Waals surface area contributed by atoms with Crippen LogP contribution in [-0.4, -0.2) is 59.9 Å². The number of phenolic OH excluding ortho intramolecular Hbond substituents is 1. The number of allylic oxidation sites excluding steroid dienone is 2. The van der Waals surface area contributed by atoms with Crippen molar-refractivity contribution in [1.29, 1.82) is 0 Å². The zero-order chi connectivity index (χ0) is 29.6. The molecular weight excluding hydrogens is 646 g/mol. The van der Waals surface area contributed by atoms with Crippen molar-refractivity contribution in [2.24, 2.45) is 17.8 Å². The largest absolute Gasteiger partial charge is 0.505 e. The van der Waals surface area contributed by atoms with Gasteiger partial charge in [0.05, 0.1) is 28.5 Å². The summed E-state index contributed by atoms with van der Waals surface area (Å²) in [5.74, 6) is -9.94. The minimum Gasteiger partial charge on any atom is -0.505 e. The number of halogens is 4. The molecule has 0 spiro atoms. The summed E-state index contributed by atoms with van der Waals surface area (Å²) in [7, 11) is 0. The second kappa shape index (κ2) is 9.37. The molecular formula is C28H20BrCl2FN2O7. The maximum absolute atomic E-state index is 14.6. The first-order chi connectivity index (χ1) is 19.4. The number of phenols is 1. The molecule has 2 N–H and O–H groups in total. The highest BCUT2D eigenvalue weighted by molar-refractivity contribution is 9.09. The lowest BCUT2D eigenvalue weighted by molar-refractivity contribution is -0.138. The lowest BCUT2D eigenvalue weighted by atomic mass is 9.56. The first-order valence-corrected chi connectivity index (χ1v) is 14.4. The average Bonchev–Trinajstić information content (AvgIpc) is 3.28. The number of anilines is 1. The van der Waals surface area contributed by atoms with Gasteiger partial charge in [-0.1, -0.05) is 45.8 Å². The number of alkyl halides is 3.